The maximum atomic E-state index is 11.8. The molecule has 0 aliphatic carbocycles. The number of aliphatic imine (C=N–C) groups is 1. The largest absolute Gasteiger partial charge is 0.493 e. The molecule has 0 unspecified atom stereocenters. The molecule has 0 atom stereocenters. The van der Waals surface area contributed by atoms with E-state index in [9.17, 15) is 4.79 Å². The van der Waals surface area contributed by atoms with Crippen molar-refractivity contribution in [3.05, 3.63) is 23.8 Å². The van der Waals surface area contributed by atoms with Crippen molar-refractivity contribution in [1.29, 1.82) is 0 Å². The summed E-state index contributed by atoms with van der Waals surface area (Å²) in [5, 5.41) is 9.34. The molecular weight excluding hydrogens is 459 g/mol. The van der Waals surface area contributed by atoms with Crippen LogP contribution in [-0.2, 0) is 11.2 Å². The predicted octanol–water partition coefficient (Wildman–Crippen LogP) is 2.19. The summed E-state index contributed by atoms with van der Waals surface area (Å²) in [7, 11) is 4.97. The van der Waals surface area contributed by atoms with Gasteiger partial charge in [0, 0.05) is 32.1 Å². The number of hydrogen-bond donors (Lipinski definition) is 3. The molecule has 0 aliphatic rings. The zero-order valence-corrected chi connectivity index (χ0v) is 19.5. The number of benzene rings is 1. The van der Waals surface area contributed by atoms with E-state index in [0.717, 1.165) is 30.0 Å². The average Bonchev–Trinajstić information content (AvgIpc) is 2.62. The van der Waals surface area contributed by atoms with Crippen molar-refractivity contribution in [2.45, 2.75) is 27.2 Å². The smallest absolute Gasteiger partial charge is 0.225 e. The summed E-state index contributed by atoms with van der Waals surface area (Å²) >= 11 is 0. The Morgan fingerprint density at radius 3 is 2.15 bits per heavy atom. The van der Waals surface area contributed by atoms with Crippen LogP contribution in [0.15, 0.2) is 23.2 Å². The molecule has 7 nitrogen and oxygen atoms in total. The van der Waals surface area contributed by atoms with Crippen LogP contribution in [-0.4, -0.2) is 52.8 Å². The molecule has 3 N–H and O–H groups in total. The second-order valence-corrected chi connectivity index (χ2v) is 6.87. The van der Waals surface area contributed by atoms with E-state index in [-0.39, 0.29) is 35.3 Å². The highest BCUT2D eigenvalue weighted by atomic mass is 127. The third kappa shape index (κ3) is 9.16. The van der Waals surface area contributed by atoms with Gasteiger partial charge < -0.3 is 25.4 Å². The molecule has 27 heavy (non-hydrogen) atoms. The minimum Gasteiger partial charge on any atom is -0.493 e. The molecule has 1 rings (SSSR count). The van der Waals surface area contributed by atoms with Gasteiger partial charge in [-0.25, -0.2) is 0 Å². The molecule has 0 bridgehead atoms. The molecule has 0 saturated carbocycles. The number of nitrogens with one attached hydrogen (secondary N) is 3. The number of hydrogen-bond acceptors (Lipinski definition) is 4. The van der Waals surface area contributed by atoms with E-state index in [2.05, 4.69) is 20.9 Å². The number of nitrogens with zero attached hydrogens (tertiary/aromatic N) is 1. The van der Waals surface area contributed by atoms with Crippen LogP contribution in [0.25, 0.3) is 0 Å². The van der Waals surface area contributed by atoms with Gasteiger partial charge in [-0.1, -0.05) is 26.8 Å². The van der Waals surface area contributed by atoms with Crippen LogP contribution >= 0.6 is 24.0 Å². The van der Waals surface area contributed by atoms with Crippen molar-refractivity contribution in [1.82, 2.24) is 16.0 Å². The number of methoxy groups -OCH3 is 2. The first-order valence-corrected chi connectivity index (χ1v) is 8.75. The zero-order valence-electron chi connectivity index (χ0n) is 17.1. The molecule has 1 aromatic carbocycles. The van der Waals surface area contributed by atoms with Crippen LogP contribution in [0, 0.1) is 5.41 Å². The Kier molecular flexibility index (Phi) is 11.8. The molecule has 8 heteroatoms. The van der Waals surface area contributed by atoms with Crippen LogP contribution < -0.4 is 25.4 Å². The Hall–Kier alpha value is -1.71. The van der Waals surface area contributed by atoms with Gasteiger partial charge in [0.05, 0.1) is 14.2 Å². The summed E-state index contributed by atoms with van der Waals surface area (Å²) in [6, 6.07) is 5.89. The fraction of sp³-hybridized carbons (Fsp3) is 0.579. The van der Waals surface area contributed by atoms with E-state index >= 15 is 0 Å². The molecule has 0 saturated heterocycles. The maximum Gasteiger partial charge on any atom is 0.225 e. The van der Waals surface area contributed by atoms with Crippen molar-refractivity contribution < 1.29 is 14.3 Å². The first kappa shape index (κ1) is 25.3. The van der Waals surface area contributed by atoms with E-state index in [0.29, 0.717) is 19.0 Å². The number of ether oxygens (including phenoxy) is 2. The van der Waals surface area contributed by atoms with E-state index in [4.69, 9.17) is 9.47 Å². The highest BCUT2D eigenvalue weighted by Crippen LogP contribution is 2.27. The van der Waals surface area contributed by atoms with E-state index in [1.165, 1.54) is 0 Å². The summed E-state index contributed by atoms with van der Waals surface area (Å²) in [6.07, 6.45) is 0.821. The summed E-state index contributed by atoms with van der Waals surface area (Å²) in [4.78, 5) is 16.0. The topological polar surface area (TPSA) is 84.0 Å². The van der Waals surface area contributed by atoms with Gasteiger partial charge in [-0.15, -0.1) is 24.0 Å². The summed E-state index contributed by atoms with van der Waals surface area (Å²) in [5.74, 6) is 2.19. The van der Waals surface area contributed by atoms with Gasteiger partial charge in [-0.05, 0) is 24.1 Å². The Bertz CT molecular complexity index is 615. The van der Waals surface area contributed by atoms with Crippen LogP contribution in [0.3, 0.4) is 0 Å². The normalized spacial score (nSPS) is 11.3. The van der Waals surface area contributed by atoms with Crippen molar-refractivity contribution in [2.24, 2.45) is 10.4 Å². The first-order valence-electron chi connectivity index (χ1n) is 8.75. The van der Waals surface area contributed by atoms with Gasteiger partial charge in [0.1, 0.15) is 0 Å². The lowest BCUT2D eigenvalue weighted by atomic mass is 9.96. The van der Waals surface area contributed by atoms with Crippen LogP contribution in [0.2, 0.25) is 0 Å². The summed E-state index contributed by atoms with van der Waals surface area (Å²) in [5.41, 5.74) is 0.766. The highest BCUT2D eigenvalue weighted by molar-refractivity contribution is 14.0. The number of rotatable bonds is 8. The molecule has 0 aliphatic heterocycles. The maximum absolute atomic E-state index is 11.8. The Labute approximate surface area is 179 Å². The lowest BCUT2D eigenvalue weighted by Crippen LogP contribution is -2.43. The zero-order chi connectivity index (χ0) is 19.6. The number of carbonyl (C=O) groups is 1. The molecule has 1 aromatic rings. The van der Waals surface area contributed by atoms with Gasteiger partial charge in [-0.3, -0.25) is 9.79 Å². The first-order chi connectivity index (χ1) is 12.3. The summed E-state index contributed by atoms with van der Waals surface area (Å²) in [6.45, 7) is 7.56. The molecule has 154 valence electrons. The van der Waals surface area contributed by atoms with Crippen LogP contribution in [0.4, 0.5) is 0 Å². The fourth-order valence-electron chi connectivity index (χ4n) is 2.20. The van der Waals surface area contributed by atoms with Gasteiger partial charge in [0.25, 0.3) is 0 Å². The van der Waals surface area contributed by atoms with Gasteiger partial charge in [-0.2, -0.15) is 0 Å². The molecule has 0 spiro atoms. The third-order valence-corrected chi connectivity index (χ3v) is 3.76. The quantitative estimate of drug-likeness (QED) is 0.224. The molecule has 0 radical (unpaired) electrons. The lowest BCUT2D eigenvalue weighted by Gasteiger charge is -2.18. The average molecular weight is 492 g/mol. The molecule has 0 heterocycles. The number of carbonyl (C=O) groups excluding carboxylic acids is 1. The SMILES string of the molecule is CN=C(NCCNC(=O)C(C)(C)C)NCCc1ccc(OC)c(OC)c1.I. The second-order valence-electron chi connectivity index (χ2n) is 6.87. The molecule has 0 aromatic heterocycles. The fourth-order valence-corrected chi connectivity index (χ4v) is 2.20. The highest BCUT2D eigenvalue weighted by Gasteiger charge is 2.20. The Balaban J connectivity index is 0.00000676. The monoisotopic (exact) mass is 492 g/mol. The van der Waals surface area contributed by atoms with Crippen molar-refractivity contribution in [3.63, 3.8) is 0 Å². The Morgan fingerprint density at radius 1 is 1.00 bits per heavy atom. The molecule has 1 amide bonds. The molecular formula is C19H33IN4O3. The standard InChI is InChI=1S/C19H32N4O3.HI/c1-19(2,3)17(24)21-11-12-23-18(20-4)22-10-9-14-7-8-15(25-5)16(13-14)26-6;/h7-8,13H,9-12H2,1-6H3,(H,21,24)(H2,20,22,23);1H. The minimum atomic E-state index is -0.376. The number of halogens is 1. The second kappa shape index (κ2) is 12.6. The van der Waals surface area contributed by atoms with Gasteiger partial charge in [0.2, 0.25) is 5.91 Å². The van der Waals surface area contributed by atoms with E-state index in [1.54, 1.807) is 21.3 Å². The predicted molar refractivity (Wildman–Crippen MR) is 120 cm³/mol. The minimum absolute atomic E-state index is 0. The summed E-state index contributed by atoms with van der Waals surface area (Å²) < 4.78 is 10.6. The van der Waals surface area contributed by atoms with E-state index in [1.807, 2.05) is 39.0 Å². The van der Waals surface area contributed by atoms with Crippen molar-refractivity contribution in [2.75, 3.05) is 40.9 Å². The lowest BCUT2D eigenvalue weighted by molar-refractivity contribution is -0.128. The van der Waals surface area contributed by atoms with E-state index < -0.39 is 0 Å². The number of amides is 1. The van der Waals surface area contributed by atoms with Gasteiger partial charge >= 0.3 is 0 Å². The number of guanidine groups is 1. The van der Waals surface area contributed by atoms with Crippen molar-refractivity contribution >= 4 is 35.8 Å². The Morgan fingerprint density at radius 2 is 1.59 bits per heavy atom. The molecule has 0 fully saturated rings. The van der Waals surface area contributed by atoms with Crippen molar-refractivity contribution in [3.8, 4) is 11.5 Å². The van der Waals surface area contributed by atoms with Crippen LogP contribution in [0.1, 0.15) is 26.3 Å². The third-order valence-electron chi connectivity index (χ3n) is 3.76. The van der Waals surface area contributed by atoms with Gasteiger partial charge in [0.15, 0.2) is 17.5 Å². The van der Waals surface area contributed by atoms with Crippen LogP contribution in [0.5, 0.6) is 11.5 Å².